The standard InChI is InChI=1S/C16H18FNO3/c1-11-15(16(19)20-2)9-14(21-11)10-18-7-6-12-4-3-5-13(17)8-12/h3-5,8-9,18H,6-7,10H2,1-2H3. The van der Waals surface area contributed by atoms with E-state index in [1.807, 2.05) is 6.07 Å². The van der Waals surface area contributed by atoms with Crippen LogP contribution in [0.5, 0.6) is 0 Å². The number of benzene rings is 1. The molecule has 0 saturated heterocycles. The van der Waals surface area contributed by atoms with Gasteiger partial charge in [0, 0.05) is 0 Å². The number of esters is 1. The maximum atomic E-state index is 13.0. The minimum Gasteiger partial charge on any atom is -0.465 e. The number of nitrogens with one attached hydrogen (secondary N) is 1. The third-order valence-electron chi connectivity index (χ3n) is 3.15. The molecule has 1 N–H and O–H groups in total. The molecule has 0 unspecified atom stereocenters. The number of rotatable bonds is 6. The predicted octanol–water partition coefficient (Wildman–Crippen LogP) is 2.85. The smallest absolute Gasteiger partial charge is 0.341 e. The minimum atomic E-state index is -0.401. The Morgan fingerprint density at radius 3 is 2.90 bits per heavy atom. The molecular formula is C16H18FNO3. The van der Waals surface area contributed by atoms with Crippen molar-refractivity contribution < 1.29 is 18.3 Å². The fourth-order valence-electron chi connectivity index (χ4n) is 2.08. The summed E-state index contributed by atoms with van der Waals surface area (Å²) in [6.45, 7) is 2.92. The Morgan fingerprint density at radius 1 is 1.38 bits per heavy atom. The average molecular weight is 291 g/mol. The van der Waals surface area contributed by atoms with Crippen LogP contribution in [0, 0.1) is 12.7 Å². The van der Waals surface area contributed by atoms with E-state index in [1.165, 1.54) is 19.2 Å². The van der Waals surface area contributed by atoms with Gasteiger partial charge in [-0.05, 0) is 43.7 Å². The molecule has 112 valence electrons. The summed E-state index contributed by atoms with van der Waals surface area (Å²) in [5.74, 6) is 0.593. The number of ether oxygens (including phenoxy) is 1. The van der Waals surface area contributed by atoms with Crippen molar-refractivity contribution in [2.24, 2.45) is 0 Å². The molecule has 0 aliphatic heterocycles. The van der Waals surface area contributed by atoms with Crippen LogP contribution in [-0.4, -0.2) is 19.6 Å². The van der Waals surface area contributed by atoms with E-state index in [1.54, 1.807) is 19.1 Å². The molecule has 0 aliphatic carbocycles. The summed E-state index contributed by atoms with van der Waals surface area (Å²) in [4.78, 5) is 11.5. The summed E-state index contributed by atoms with van der Waals surface area (Å²) < 4.78 is 23.2. The second kappa shape index (κ2) is 7.04. The number of halogens is 1. The highest BCUT2D eigenvalue weighted by molar-refractivity contribution is 5.90. The molecule has 4 nitrogen and oxygen atoms in total. The van der Waals surface area contributed by atoms with E-state index in [4.69, 9.17) is 4.42 Å². The molecule has 0 spiro atoms. The van der Waals surface area contributed by atoms with Crippen molar-refractivity contribution in [3.8, 4) is 0 Å². The van der Waals surface area contributed by atoms with Crippen molar-refractivity contribution in [3.05, 3.63) is 58.8 Å². The largest absolute Gasteiger partial charge is 0.465 e. The van der Waals surface area contributed by atoms with Gasteiger partial charge in [0.15, 0.2) is 0 Å². The quantitative estimate of drug-likeness (QED) is 0.657. The molecule has 5 heteroatoms. The zero-order chi connectivity index (χ0) is 15.2. The second-order valence-electron chi connectivity index (χ2n) is 4.73. The van der Waals surface area contributed by atoms with E-state index in [0.717, 1.165) is 12.0 Å². The third-order valence-corrected chi connectivity index (χ3v) is 3.15. The van der Waals surface area contributed by atoms with Crippen LogP contribution in [0.25, 0.3) is 0 Å². The van der Waals surface area contributed by atoms with E-state index in [-0.39, 0.29) is 5.82 Å². The lowest BCUT2D eigenvalue weighted by Crippen LogP contribution is -2.16. The Kier molecular flexibility index (Phi) is 5.11. The van der Waals surface area contributed by atoms with Crippen molar-refractivity contribution in [3.63, 3.8) is 0 Å². The zero-order valence-electron chi connectivity index (χ0n) is 12.1. The molecule has 0 bridgehead atoms. The maximum absolute atomic E-state index is 13.0. The molecule has 21 heavy (non-hydrogen) atoms. The summed E-state index contributed by atoms with van der Waals surface area (Å²) in [6, 6.07) is 8.21. The van der Waals surface area contributed by atoms with Crippen molar-refractivity contribution in [2.45, 2.75) is 19.9 Å². The molecule has 2 aromatic rings. The Hall–Kier alpha value is -2.14. The lowest BCUT2D eigenvalue weighted by Gasteiger charge is -2.03. The molecule has 0 aliphatic rings. The van der Waals surface area contributed by atoms with Crippen molar-refractivity contribution in [1.82, 2.24) is 5.32 Å². The highest BCUT2D eigenvalue weighted by Gasteiger charge is 2.14. The predicted molar refractivity (Wildman–Crippen MR) is 76.6 cm³/mol. The monoisotopic (exact) mass is 291 g/mol. The van der Waals surface area contributed by atoms with Gasteiger partial charge in [0.25, 0.3) is 0 Å². The third kappa shape index (κ3) is 4.16. The number of hydrogen-bond acceptors (Lipinski definition) is 4. The highest BCUT2D eigenvalue weighted by atomic mass is 19.1. The highest BCUT2D eigenvalue weighted by Crippen LogP contribution is 2.15. The molecule has 1 heterocycles. The van der Waals surface area contributed by atoms with Gasteiger partial charge < -0.3 is 14.5 Å². The molecule has 0 amide bonds. The molecule has 2 rings (SSSR count). The van der Waals surface area contributed by atoms with Gasteiger partial charge in [-0.2, -0.15) is 0 Å². The van der Waals surface area contributed by atoms with E-state index in [0.29, 0.717) is 30.2 Å². The molecule has 1 aromatic heterocycles. The van der Waals surface area contributed by atoms with Gasteiger partial charge in [0.2, 0.25) is 0 Å². The summed E-state index contributed by atoms with van der Waals surface area (Å²) in [7, 11) is 1.34. The molecule has 0 atom stereocenters. The first-order valence-corrected chi connectivity index (χ1v) is 6.73. The number of hydrogen-bond donors (Lipinski definition) is 1. The molecule has 0 radical (unpaired) electrons. The fourth-order valence-corrected chi connectivity index (χ4v) is 2.08. The van der Waals surface area contributed by atoms with Crippen LogP contribution in [0.4, 0.5) is 4.39 Å². The van der Waals surface area contributed by atoms with Gasteiger partial charge in [0.05, 0.1) is 13.7 Å². The van der Waals surface area contributed by atoms with Gasteiger partial charge >= 0.3 is 5.97 Å². The van der Waals surface area contributed by atoms with Gasteiger partial charge in [-0.25, -0.2) is 9.18 Å². The first-order valence-electron chi connectivity index (χ1n) is 6.73. The molecule has 0 fully saturated rings. The van der Waals surface area contributed by atoms with Crippen LogP contribution in [-0.2, 0) is 17.7 Å². The van der Waals surface area contributed by atoms with Gasteiger partial charge in [-0.15, -0.1) is 0 Å². The van der Waals surface area contributed by atoms with Crippen LogP contribution in [0.1, 0.15) is 27.4 Å². The van der Waals surface area contributed by atoms with Crippen LogP contribution in [0.3, 0.4) is 0 Å². The molecule has 1 aromatic carbocycles. The first-order chi connectivity index (χ1) is 10.1. The Labute approximate surface area is 122 Å². The number of carbonyl (C=O) groups is 1. The number of aryl methyl sites for hydroxylation is 1. The fraction of sp³-hybridized carbons (Fsp3) is 0.312. The second-order valence-corrected chi connectivity index (χ2v) is 4.73. The van der Waals surface area contributed by atoms with Crippen LogP contribution >= 0.6 is 0 Å². The Bertz CT molecular complexity index is 622. The van der Waals surface area contributed by atoms with Gasteiger partial charge in [-0.1, -0.05) is 12.1 Å². The number of methoxy groups -OCH3 is 1. The maximum Gasteiger partial charge on any atom is 0.341 e. The minimum absolute atomic E-state index is 0.225. The summed E-state index contributed by atoms with van der Waals surface area (Å²) in [5, 5.41) is 3.20. The topological polar surface area (TPSA) is 51.5 Å². The van der Waals surface area contributed by atoms with Gasteiger partial charge in [-0.3, -0.25) is 0 Å². The van der Waals surface area contributed by atoms with E-state index >= 15 is 0 Å². The first kappa shape index (κ1) is 15.3. The van der Waals surface area contributed by atoms with Crippen LogP contribution < -0.4 is 5.32 Å². The Balaban J connectivity index is 1.82. The average Bonchev–Trinajstić information content (AvgIpc) is 2.84. The number of furan rings is 1. The number of carbonyl (C=O) groups excluding carboxylic acids is 1. The lowest BCUT2D eigenvalue weighted by atomic mass is 10.1. The lowest BCUT2D eigenvalue weighted by molar-refractivity contribution is 0.0599. The van der Waals surface area contributed by atoms with Crippen molar-refractivity contribution in [2.75, 3.05) is 13.7 Å². The summed E-state index contributed by atoms with van der Waals surface area (Å²) in [6.07, 6.45) is 0.724. The summed E-state index contributed by atoms with van der Waals surface area (Å²) >= 11 is 0. The van der Waals surface area contributed by atoms with Gasteiger partial charge in [0.1, 0.15) is 22.9 Å². The van der Waals surface area contributed by atoms with Crippen LogP contribution in [0.2, 0.25) is 0 Å². The SMILES string of the molecule is COC(=O)c1cc(CNCCc2cccc(F)c2)oc1C. The van der Waals surface area contributed by atoms with Crippen molar-refractivity contribution >= 4 is 5.97 Å². The van der Waals surface area contributed by atoms with Crippen molar-refractivity contribution in [1.29, 1.82) is 0 Å². The molecule has 0 saturated carbocycles. The van der Waals surface area contributed by atoms with E-state index < -0.39 is 5.97 Å². The molecular weight excluding hydrogens is 273 g/mol. The Morgan fingerprint density at radius 2 is 2.19 bits per heavy atom. The van der Waals surface area contributed by atoms with E-state index in [9.17, 15) is 9.18 Å². The normalized spacial score (nSPS) is 10.6. The zero-order valence-corrected chi connectivity index (χ0v) is 12.1. The van der Waals surface area contributed by atoms with Crippen LogP contribution in [0.15, 0.2) is 34.7 Å². The summed E-state index contributed by atoms with van der Waals surface area (Å²) in [5.41, 5.74) is 1.38. The van der Waals surface area contributed by atoms with E-state index in [2.05, 4.69) is 10.1 Å².